The van der Waals surface area contributed by atoms with Crippen LogP contribution in [-0.4, -0.2) is 31.2 Å². The van der Waals surface area contributed by atoms with Crippen molar-refractivity contribution >= 4 is 11.5 Å². The number of nitrogens with zero attached hydrogens (tertiary/aromatic N) is 3. The largest absolute Gasteiger partial charge is 0.368 e. The zero-order valence-electron chi connectivity index (χ0n) is 11.9. The Balaban J connectivity index is 1.65. The first-order valence-corrected chi connectivity index (χ1v) is 7.18. The molecule has 4 nitrogen and oxygen atoms in total. The second-order valence-corrected chi connectivity index (χ2v) is 5.14. The lowest BCUT2D eigenvalue weighted by atomic mass is 10.2. The molecule has 21 heavy (non-hydrogen) atoms. The van der Waals surface area contributed by atoms with Gasteiger partial charge in [0.05, 0.1) is 5.69 Å². The fourth-order valence-electron chi connectivity index (χ4n) is 2.60. The molecule has 0 aliphatic carbocycles. The van der Waals surface area contributed by atoms with Crippen molar-refractivity contribution in [3.63, 3.8) is 0 Å². The van der Waals surface area contributed by atoms with Gasteiger partial charge in [0.2, 0.25) is 0 Å². The molecule has 1 aliphatic heterocycles. The Morgan fingerprint density at radius 3 is 2.29 bits per heavy atom. The van der Waals surface area contributed by atoms with Crippen LogP contribution in [0, 0.1) is 5.82 Å². The summed E-state index contributed by atoms with van der Waals surface area (Å²) in [6.07, 6.45) is 0. The lowest BCUT2D eigenvalue weighted by Crippen LogP contribution is -2.46. The molecule has 0 radical (unpaired) electrons. The van der Waals surface area contributed by atoms with Gasteiger partial charge in [0.25, 0.3) is 0 Å². The highest BCUT2D eigenvalue weighted by Gasteiger charge is 2.18. The predicted octanol–water partition coefficient (Wildman–Crippen LogP) is 2.01. The molecule has 2 N–H and O–H groups in total. The van der Waals surface area contributed by atoms with E-state index in [0.29, 0.717) is 6.54 Å². The number of anilines is 2. The predicted molar refractivity (Wildman–Crippen MR) is 83.0 cm³/mol. The van der Waals surface area contributed by atoms with Crippen molar-refractivity contribution in [3.05, 3.63) is 54.0 Å². The van der Waals surface area contributed by atoms with Gasteiger partial charge in [0.1, 0.15) is 11.6 Å². The van der Waals surface area contributed by atoms with Crippen molar-refractivity contribution < 1.29 is 4.39 Å². The third-order valence-corrected chi connectivity index (χ3v) is 3.80. The highest BCUT2D eigenvalue weighted by molar-refractivity contribution is 5.49. The molecule has 3 rings (SSSR count). The first-order valence-electron chi connectivity index (χ1n) is 7.18. The zero-order chi connectivity index (χ0) is 14.7. The zero-order valence-corrected chi connectivity index (χ0v) is 11.9. The van der Waals surface area contributed by atoms with E-state index < -0.39 is 0 Å². The highest BCUT2D eigenvalue weighted by atomic mass is 19.1. The van der Waals surface area contributed by atoms with E-state index in [0.717, 1.165) is 43.4 Å². The maximum atomic E-state index is 13.0. The molecular formula is C16H19FN4. The quantitative estimate of drug-likeness (QED) is 0.937. The summed E-state index contributed by atoms with van der Waals surface area (Å²) in [5.74, 6) is 0.789. The van der Waals surface area contributed by atoms with Crippen LogP contribution in [0.15, 0.2) is 42.5 Å². The average molecular weight is 286 g/mol. The van der Waals surface area contributed by atoms with Gasteiger partial charge in [0, 0.05) is 38.4 Å². The van der Waals surface area contributed by atoms with Gasteiger partial charge in [0.15, 0.2) is 0 Å². The highest BCUT2D eigenvalue weighted by Crippen LogP contribution is 2.19. The molecule has 0 amide bonds. The molecule has 1 aromatic carbocycles. The number of halogens is 1. The molecule has 0 spiro atoms. The van der Waals surface area contributed by atoms with Crippen LogP contribution in [0.3, 0.4) is 0 Å². The van der Waals surface area contributed by atoms with Crippen molar-refractivity contribution in [3.8, 4) is 0 Å². The van der Waals surface area contributed by atoms with Crippen LogP contribution < -0.4 is 15.5 Å². The van der Waals surface area contributed by atoms with Gasteiger partial charge in [-0.15, -0.1) is 0 Å². The number of hydrogen-bond acceptors (Lipinski definition) is 4. The number of piperazine rings is 1. The van der Waals surface area contributed by atoms with Crippen molar-refractivity contribution in [2.75, 3.05) is 36.0 Å². The van der Waals surface area contributed by atoms with Gasteiger partial charge in [-0.3, -0.25) is 0 Å². The number of hydrogen-bond donors (Lipinski definition) is 1. The molecule has 1 aromatic heterocycles. The van der Waals surface area contributed by atoms with E-state index >= 15 is 0 Å². The Hall–Kier alpha value is -2.14. The molecule has 1 saturated heterocycles. The summed E-state index contributed by atoms with van der Waals surface area (Å²) in [5, 5.41) is 0. The van der Waals surface area contributed by atoms with E-state index in [1.807, 2.05) is 30.3 Å². The Bertz CT molecular complexity index is 591. The Morgan fingerprint density at radius 2 is 1.62 bits per heavy atom. The maximum absolute atomic E-state index is 13.0. The minimum atomic E-state index is -0.194. The van der Waals surface area contributed by atoms with E-state index in [-0.39, 0.29) is 5.82 Å². The SMILES string of the molecule is NCc1cccc(N2CCN(c3ccc(F)cc3)CC2)n1. The van der Waals surface area contributed by atoms with Crippen LogP contribution in [-0.2, 0) is 6.54 Å². The van der Waals surface area contributed by atoms with Crippen LogP contribution in [0.1, 0.15) is 5.69 Å². The average Bonchev–Trinajstić information content (AvgIpc) is 2.56. The number of pyridine rings is 1. The van der Waals surface area contributed by atoms with Crippen molar-refractivity contribution in [2.24, 2.45) is 5.73 Å². The van der Waals surface area contributed by atoms with Crippen LogP contribution >= 0.6 is 0 Å². The maximum Gasteiger partial charge on any atom is 0.128 e. The first-order chi connectivity index (χ1) is 10.3. The number of rotatable bonds is 3. The molecule has 0 atom stereocenters. The lowest BCUT2D eigenvalue weighted by Gasteiger charge is -2.36. The number of benzene rings is 1. The fraction of sp³-hybridized carbons (Fsp3) is 0.312. The van der Waals surface area contributed by atoms with Crippen molar-refractivity contribution in [2.45, 2.75) is 6.54 Å². The lowest BCUT2D eigenvalue weighted by molar-refractivity contribution is 0.624. The molecule has 0 bridgehead atoms. The summed E-state index contributed by atoms with van der Waals surface area (Å²) in [5.41, 5.74) is 7.62. The van der Waals surface area contributed by atoms with Gasteiger partial charge in [-0.25, -0.2) is 9.37 Å². The van der Waals surface area contributed by atoms with Gasteiger partial charge < -0.3 is 15.5 Å². The topological polar surface area (TPSA) is 45.4 Å². The van der Waals surface area contributed by atoms with Gasteiger partial charge in [-0.2, -0.15) is 0 Å². The summed E-state index contributed by atoms with van der Waals surface area (Å²) in [6, 6.07) is 12.6. The van der Waals surface area contributed by atoms with Gasteiger partial charge in [-0.05, 0) is 36.4 Å². The Kier molecular flexibility index (Phi) is 4.01. The molecular weight excluding hydrogens is 267 g/mol. The second kappa shape index (κ2) is 6.10. The van der Waals surface area contributed by atoms with E-state index in [1.54, 1.807) is 0 Å². The summed E-state index contributed by atoms with van der Waals surface area (Å²) < 4.78 is 13.0. The first kappa shape index (κ1) is 13.8. The smallest absolute Gasteiger partial charge is 0.128 e. The minimum absolute atomic E-state index is 0.194. The Labute approximate surface area is 124 Å². The van der Waals surface area contributed by atoms with Crippen LogP contribution in [0.2, 0.25) is 0 Å². The third-order valence-electron chi connectivity index (χ3n) is 3.80. The van der Waals surface area contributed by atoms with E-state index in [4.69, 9.17) is 5.73 Å². The van der Waals surface area contributed by atoms with Gasteiger partial charge >= 0.3 is 0 Å². The molecule has 0 saturated carbocycles. The monoisotopic (exact) mass is 286 g/mol. The molecule has 0 unspecified atom stereocenters. The molecule has 5 heteroatoms. The van der Waals surface area contributed by atoms with E-state index in [9.17, 15) is 4.39 Å². The summed E-state index contributed by atoms with van der Waals surface area (Å²) in [6.45, 7) is 4.07. The van der Waals surface area contributed by atoms with E-state index in [1.165, 1.54) is 12.1 Å². The Morgan fingerprint density at radius 1 is 0.952 bits per heavy atom. The van der Waals surface area contributed by atoms with E-state index in [2.05, 4.69) is 14.8 Å². The van der Waals surface area contributed by atoms with Crippen LogP contribution in [0.4, 0.5) is 15.9 Å². The standard InChI is InChI=1S/C16H19FN4/c17-13-4-6-15(7-5-13)20-8-10-21(11-9-20)16-3-1-2-14(12-18)19-16/h1-7H,8-12,18H2. The molecule has 110 valence electrons. The van der Waals surface area contributed by atoms with Crippen LogP contribution in [0.25, 0.3) is 0 Å². The number of aromatic nitrogens is 1. The summed E-state index contributed by atoms with van der Waals surface area (Å²) in [4.78, 5) is 9.09. The molecule has 1 aliphatic rings. The summed E-state index contributed by atoms with van der Waals surface area (Å²) in [7, 11) is 0. The van der Waals surface area contributed by atoms with Crippen molar-refractivity contribution in [1.29, 1.82) is 0 Å². The molecule has 1 fully saturated rings. The van der Waals surface area contributed by atoms with Gasteiger partial charge in [-0.1, -0.05) is 6.07 Å². The minimum Gasteiger partial charge on any atom is -0.368 e. The normalized spacial score (nSPS) is 15.3. The van der Waals surface area contributed by atoms with Crippen molar-refractivity contribution in [1.82, 2.24) is 4.98 Å². The molecule has 2 aromatic rings. The molecule has 2 heterocycles. The third kappa shape index (κ3) is 3.13. The summed E-state index contributed by atoms with van der Waals surface area (Å²) >= 11 is 0. The number of nitrogens with two attached hydrogens (primary N) is 1. The second-order valence-electron chi connectivity index (χ2n) is 5.14. The van der Waals surface area contributed by atoms with Crippen LogP contribution in [0.5, 0.6) is 0 Å². The fourth-order valence-corrected chi connectivity index (χ4v) is 2.60.